The van der Waals surface area contributed by atoms with Gasteiger partial charge in [0.15, 0.2) is 0 Å². The predicted octanol–water partition coefficient (Wildman–Crippen LogP) is 3.31. The maximum absolute atomic E-state index is 4.44. The zero-order valence-electron chi connectivity index (χ0n) is 10.7. The molecule has 0 saturated carbocycles. The second kappa shape index (κ2) is 6.15. The molecule has 1 fully saturated rings. The van der Waals surface area contributed by atoms with Crippen LogP contribution in [0.15, 0.2) is 0 Å². The van der Waals surface area contributed by atoms with E-state index in [0.717, 1.165) is 29.5 Å². The largest absolute Gasteiger partial charge is 0.300 e. The summed E-state index contributed by atoms with van der Waals surface area (Å²) in [6.07, 6.45) is 2.66. The van der Waals surface area contributed by atoms with Crippen molar-refractivity contribution in [1.29, 1.82) is 0 Å². The highest BCUT2D eigenvalue weighted by atomic mass is 32.1. The SMILES string of the molecule is CCC(CS)CN1CC(C)CC(C)C1C. The predicted molar refractivity (Wildman–Crippen MR) is 71.6 cm³/mol. The van der Waals surface area contributed by atoms with Crippen molar-refractivity contribution in [3.05, 3.63) is 0 Å². The number of rotatable bonds is 4. The van der Waals surface area contributed by atoms with E-state index in [2.05, 4.69) is 45.2 Å². The quantitative estimate of drug-likeness (QED) is 0.724. The Morgan fingerprint density at radius 2 is 2.00 bits per heavy atom. The summed E-state index contributed by atoms with van der Waals surface area (Å²) in [6, 6.07) is 0.759. The van der Waals surface area contributed by atoms with Crippen LogP contribution in [0.2, 0.25) is 0 Å². The number of nitrogens with zero attached hydrogens (tertiary/aromatic N) is 1. The van der Waals surface area contributed by atoms with Gasteiger partial charge < -0.3 is 0 Å². The second-order valence-corrected chi connectivity index (χ2v) is 5.83. The Morgan fingerprint density at radius 1 is 1.33 bits per heavy atom. The summed E-state index contributed by atoms with van der Waals surface area (Å²) in [5, 5.41) is 0. The van der Waals surface area contributed by atoms with Gasteiger partial charge in [-0.15, -0.1) is 0 Å². The Labute approximate surface area is 101 Å². The van der Waals surface area contributed by atoms with Crippen LogP contribution in [0.5, 0.6) is 0 Å². The Kier molecular flexibility index (Phi) is 5.48. The fourth-order valence-electron chi connectivity index (χ4n) is 2.72. The van der Waals surface area contributed by atoms with E-state index in [1.807, 2.05) is 0 Å². The van der Waals surface area contributed by atoms with Crippen LogP contribution in [0.3, 0.4) is 0 Å². The van der Waals surface area contributed by atoms with Gasteiger partial charge in [0.2, 0.25) is 0 Å². The minimum absolute atomic E-state index is 0.759. The number of hydrogen-bond acceptors (Lipinski definition) is 2. The molecule has 0 spiro atoms. The maximum Gasteiger partial charge on any atom is 0.00929 e. The van der Waals surface area contributed by atoms with E-state index in [1.54, 1.807) is 0 Å². The molecule has 0 aromatic rings. The van der Waals surface area contributed by atoms with E-state index < -0.39 is 0 Å². The van der Waals surface area contributed by atoms with Gasteiger partial charge in [-0.3, -0.25) is 4.90 Å². The molecule has 4 atom stereocenters. The molecule has 1 aliphatic rings. The lowest BCUT2D eigenvalue weighted by molar-refractivity contribution is 0.0671. The van der Waals surface area contributed by atoms with Crippen LogP contribution in [0, 0.1) is 17.8 Å². The van der Waals surface area contributed by atoms with Crippen LogP contribution >= 0.6 is 12.6 Å². The summed E-state index contributed by atoms with van der Waals surface area (Å²) in [5.74, 6) is 3.52. The normalized spacial score (nSPS) is 35.4. The van der Waals surface area contributed by atoms with E-state index in [9.17, 15) is 0 Å². The zero-order chi connectivity index (χ0) is 11.4. The smallest absolute Gasteiger partial charge is 0.00929 e. The average molecular weight is 229 g/mol. The number of thiol groups is 1. The Hall–Kier alpha value is 0.310. The Balaban J connectivity index is 2.51. The van der Waals surface area contributed by atoms with E-state index in [1.165, 1.54) is 25.9 Å². The summed E-state index contributed by atoms with van der Waals surface area (Å²) < 4.78 is 0. The fourth-order valence-corrected chi connectivity index (χ4v) is 3.09. The average Bonchev–Trinajstić information content (AvgIpc) is 2.21. The highest BCUT2D eigenvalue weighted by Gasteiger charge is 2.29. The molecule has 1 aliphatic heterocycles. The highest BCUT2D eigenvalue weighted by molar-refractivity contribution is 7.80. The second-order valence-electron chi connectivity index (χ2n) is 5.47. The minimum atomic E-state index is 0.759. The van der Waals surface area contributed by atoms with Crippen LogP contribution in [0.1, 0.15) is 40.5 Å². The molecule has 1 rings (SSSR count). The highest BCUT2D eigenvalue weighted by Crippen LogP contribution is 2.27. The summed E-state index contributed by atoms with van der Waals surface area (Å²) in [6.45, 7) is 12.0. The van der Waals surface area contributed by atoms with Crippen molar-refractivity contribution in [3.8, 4) is 0 Å². The summed E-state index contributed by atoms with van der Waals surface area (Å²) in [5.41, 5.74) is 0. The van der Waals surface area contributed by atoms with Gasteiger partial charge in [0, 0.05) is 19.1 Å². The van der Waals surface area contributed by atoms with Crippen LogP contribution in [-0.2, 0) is 0 Å². The van der Waals surface area contributed by atoms with E-state index in [-0.39, 0.29) is 0 Å². The molecule has 1 saturated heterocycles. The van der Waals surface area contributed by atoms with Crippen molar-refractivity contribution in [2.24, 2.45) is 17.8 Å². The lowest BCUT2D eigenvalue weighted by Gasteiger charge is -2.42. The number of likely N-dealkylation sites (tertiary alicyclic amines) is 1. The van der Waals surface area contributed by atoms with Gasteiger partial charge in [0.25, 0.3) is 0 Å². The third-order valence-electron chi connectivity index (χ3n) is 4.05. The standard InChI is InChI=1S/C13H27NS/c1-5-13(9-15)8-14-7-10(2)6-11(3)12(14)4/h10-13,15H,5-9H2,1-4H3. The summed E-state index contributed by atoms with van der Waals surface area (Å²) >= 11 is 4.44. The molecule has 0 radical (unpaired) electrons. The Bertz CT molecular complexity index is 179. The molecule has 1 nitrogen and oxygen atoms in total. The molecular formula is C13H27NS. The van der Waals surface area contributed by atoms with Gasteiger partial charge in [0.1, 0.15) is 0 Å². The van der Waals surface area contributed by atoms with Crippen LogP contribution in [0.4, 0.5) is 0 Å². The molecule has 0 amide bonds. The van der Waals surface area contributed by atoms with Crippen molar-refractivity contribution >= 4 is 12.6 Å². The molecule has 90 valence electrons. The first-order chi connectivity index (χ1) is 7.08. The van der Waals surface area contributed by atoms with Gasteiger partial charge in [-0.05, 0) is 36.9 Å². The molecule has 0 aromatic carbocycles. The molecule has 1 heterocycles. The first-order valence-corrected chi connectivity index (χ1v) is 7.06. The lowest BCUT2D eigenvalue weighted by atomic mass is 9.85. The number of hydrogen-bond donors (Lipinski definition) is 1. The summed E-state index contributed by atoms with van der Waals surface area (Å²) in [7, 11) is 0. The first kappa shape index (κ1) is 13.4. The van der Waals surface area contributed by atoms with E-state index >= 15 is 0 Å². The molecule has 4 unspecified atom stereocenters. The van der Waals surface area contributed by atoms with Crippen LogP contribution in [0.25, 0.3) is 0 Å². The molecule has 2 heteroatoms. The van der Waals surface area contributed by atoms with Crippen molar-refractivity contribution in [1.82, 2.24) is 4.90 Å². The van der Waals surface area contributed by atoms with Crippen molar-refractivity contribution in [2.45, 2.75) is 46.6 Å². The van der Waals surface area contributed by atoms with Gasteiger partial charge in [-0.1, -0.05) is 27.2 Å². The maximum atomic E-state index is 4.44. The fraction of sp³-hybridized carbons (Fsp3) is 1.00. The topological polar surface area (TPSA) is 3.24 Å². The minimum Gasteiger partial charge on any atom is -0.300 e. The number of piperidine rings is 1. The molecule has 0 aromatic heterocycles. The van der Waals surface area contributed by atoms with Crippen molar-refractivity contribution in [2.75, 3.05) is 18.8 Å². The van der Waals surface area contributed by atoms with Crippen molar-refractivity contribution in [3.63, 3.8) is 0 Å². The zero-order valence-corrected chi connectivity index (χ0v) is 11.6. The third-order valence-corrected chi connectivity index (χ3v) is 4.56. The monoisotopic (exact) mass is 229 g/mol. The van der Waals surface area contributed by atoms with E-state index in [0.29, 0.717) is 0 Å². The third kappa shape index (κ3) is 3.67. The lowest BCUT2D eigenvalue weighted by Crippen LogP contribution is -2.47. The molecule has 0 aliphatic carbocycles. The van der Waals surface area contributed by atoms with Crippen molar-refractivity contribution < 1.29 is 0 Å². The van der Waals surface area contributed by atoms with E-state index in [4.69, 9.17) is 0 Å². The first-order valence-electron chi connectivity index (χ1n) is 6.43. The molecule has 0 bridgehead atoms. The molecular weight excluding hydrogens is 202 g/mol. The van der Waals surface area contributed by atoms with Gasteiger partial charge in [-0.25, -0.2) is 0 Å². The molecule has 0 N–H and O–H groups in total. The molecule has 15 heavy (non-hydrogen) atoms. The summed E-state index contributed by atoms with van der Waals surface area (Å²) in [4.78, 5) is 2.68. The van der Waals surface area contributed by atoms with Crippen LogP contribution < -0.4 is 0 Å². The van der Waals surface area contributed by atoms with Gasteiger partial charge in [0.05, 0.1) is 0 Å². The Morgan fingerprint density at radius 3 is 2.53 bits per heavy atom. The van der Waals surface area contributed by atoms with Crippen LogP contribution in [-0.4, -0.2) is 29.8 Å². The van der Waals surface area contributed by atoms with Gasteiger partial charge in [-0.2, -0.15) is 12.6 Å². The van der Waals surface area contributed by atoms with Gasteiger partial charge >= 0.3 is 0 Å².